The van der Waals surface area contributed by atoms with E-state index in [-0.39, 0.29) is 12.7 Å². The molecule has 0 heterocycles. The Morgan fingerprint density at radius 2 is 2.25 bits per heavy atom. The van der Waals surface area contributed by atoms with Gasteiger partial charge < -0.3 is 5.73 Å². The highest BCUT2D eigenvalue weighted by atomic mass is 19.1. The molecule has 0 aromatic heterocycles. The van der Waals surface area contributed by atoms with Gasteiger partial charge in [-0.2, -0.15) is 0 Å². The van der Waals surface area contributed by atoms with Crippen LogP contribution in [0.4, 0.5) is 4.39 Å². The van der Waals surface area contributed by atoms with Crippen molar-refractivity contribution in [2.75, 3.05) is 6.67 Å². The molecule has 1 nitrogen and oxygen atoms in total. The summed E-state index contributed by atoms with van der Waals surface area (Å²) >= 11 is 0. The number of hydrogen-bond acceptors (Lipinski definition) is 1. The summed E-state index contributed by atoms with van der Waals surface area (Å²) in [6.07, 6.45) is 3.44. The molecule has 1 aliphatic carbocycles. The number of halogens is 1. The molecule has 0 amide bonds. The summed E-state index contributed by atoms with van der Waals surface area (Å²) in [5.74, 6) is 0.765. The lowest BCUT2D eigenvalue weighted by atomic mass is 10.2. The fraction of sp³-hybridized carbons (Fsp3) is 1.00. The van der Waals surface area contributed by atoms with Gasteiger partial charge in [-0.1, -0.05) is 12.8 Å². The van der Waals surface area contributed by atoms with E-state index in [0.29, 0.717) is 0 Å². The molecule has 0 spiro atoms. The standard InChI is InChI=1S/C6H12FN/c7-4-6(8)3-5-1-2-5/h5-6H,1-4,8H2. The molecule has 1 rings (SSSR count). The third-order valence-electron chi connectivity index (χ3n) is 1.53. The Balaban J connectivity index is 1.98. The molecule has 0 aromatic carbocycles. The van der Waals surface area contributed by atoms with Gasteiger partial charge in [-0.05, 0) is 12.3 Å². The van der Waals surface area contributed by atoms with Crippen LogP contribution in [0.1, 0.15) is 19.3 Å². The van der Waals surface area contributed by atoms with Crippen LogP contribution < -0.4 is 5.73 Å². The lowest BCUT2D eigenvalue weighted by molar-refractivity contribution is 0.402. The van der Waals surface area contributed by atoms with Crippen molar-refractivity contribution in [3.63, 3.8) is 0 Å². The second-order valence-electron chi connectivity index (χ2n) is 2.59. The van der Waals surface area contributed by atoms with Gasteiger partial charge in [0.15, 0.2) is 0 Å². The molecule has 1 fully saturated rings. The van der Waals surface area contributed by atoms with E-state index in [2.05, 4.69) is 0 Å². The predicted molar refractivity (Wildman–Crippen MR) is 31.3 cm³/mol. The fourth-order valence-electron chi connectivity index (χ4n) is 0.845. The van der Waals surface area contributed by atoms with E-state index in [9.17, 15) is 4.39 Å². The molecule has 1 unspecified atom stereocenters. The molecule has 0 aliphatic heterocycles. The normalized spacial score (nSPS) is 23.2. The van der Waals surface area contributed by atoms with Crippen LogP contribution in [0.5, 0.6) is 0 Å². The third kappa shape index (κ3) is 1.78. The molecule has 2 N–H and O–H groups in total. The van der Waals surface area contributed by atoms with Crippen LogP contribution in [0.25, 0.3) is 0 Å². The summed E-state index contributed by atoms with van der Waals surface area (Å²) in [6, 6.07) is -0.178. The average molecular weight is 117 g/mol. The van der Waals surface area contributed by atoms with Gasteiger partial charge in [0.1, 0.15) is 6.67 Å². The minimum Gasteiger partial charge on any atom is -0.325 e. The number of nitrogens with two attached hydrogens (primary N) is 1. The monoisotopic (exact) mass is 117 g/mol. The van der Waals surface area contributed by atoms with Crippen LogP contribution in [0.3, 0.4) is 0 Å². The first kappa shape index (κ1) is 6.02. The van der Waals surface area contributed by atoms with E-state index in [1.165, 1.54) is 12.8 Å². The van der Waals surface area contributed by atoms with E-state index in [1.807, 2.05) is 0 Å². The minimum absolute atomic E-state index is 0.178. The van der Waals surface area contributed by atoms with Crippen molar-refractivity contribution < 1.29 is 4.39 Å². The summed E-state index contributed by atoms with van der Waals surface area (Å²) in [5.41, 5.74) is 5.34. The van der Waals surface area contributed by atoms with Crippen molar-refractivity contribution in [1.29, 1.82) is 0 Å². The SMILES string of the molecule is NC(CF)CC1CC1. The topological polar surface area (TPSA) is 26.0 Å². The zero-order chi connectivity index (χ0) is 5.98. The summed E-state index contributed by atoms with van der Waals surface area (Å²) in [5, 5.41) is 0. The van der Waals surface area contributed by atoms with Gasteiger partial charge in [0.2, 0.25) is 0 Å². The molecule has 1 atom stereocenters. The van der Waals surface area contributed by atoms with E-state index >= 15 is 0 Å². The highest BCUT2D eigenvalue weighted by Gasteiger charge is 2.23. The van der Waals surface area contributed by atoms with Gasteiger partial charge in [-0.3, -0.25) is 0 Å². The van der Waals surface area contributed by atoms with Crippen LogP contribution >= 0.6 is 0 Å². The van der Waals surface area contributed by atoms with Crippen LogP contribution in [-0.4, -0.2) is 12.7 Å². The third-order valence-corrected chi connectivity index (χ3v) is 1.53. The smallest absolute Gasteiger partial charge is 0.104 e. The lowest BCUT2D eigenvalue weighted by Gasteiger charge is -2.02. The van der Waals surface area contributed by atoms with E-state index < -0.39 is 0 Å². The summed E-state index contributed by atoms with van der Waals surface area (Å²) < 4.78 is 11.6. The number of hydrogen-bond donors (Lipinski definition) is 1. The second kappa shape index (κ2) is 2.44. The molecule has 0 bridgehead atoms. The summed E-state index contributed by atoms with van der Waals surface area (Å²) in [6.45, 7) is -0.351. The van der Waals surface area contributed by atoms with Crippen molar-refractivity contribution in [3.05, 3.63) is 0 Å². The first-order valence-electron chi connectivity index (χ1n) is 3.14. The largest absolute Gasteiger partial charge is 0.325 e. The Morgan fingerprint density at radius 3 is 2.62 bits per heavy atom. The van der Waals surface area contributed by atoms with Gasteiger partial charge in [0.05, 0.1) is 0 Å². The van der Waals surface area contributed by atoms with E-state index in [4.69, 9.17) is 5.73 Å². The quantitative estimate of drug-likeness (QED) is 0.588. The molecular weight excluding hydrogens is 105 g/mol. The maximum Gasteiger partial charge on any atom is 0.104 e. The van der Waals surface area contributed by atoms with E-state index in [1.54, 1.807) is 0 Å². The molecule has 0 saturated heterocycles. The number of alkyl halides is 1. The lowest BCUT2D eigenvalue weighted by Crippen LogP contribution is -2.22. The van der Waals surface area contributed by atoms with Crippen LogP contribution in [0.2, 0.25) is 0 Å². The molecule has 8 heavy (non-hydrogen) atoms. The predicted octanol–water partition coefficient (Wildman–Crippen LogP) is 1.08. The minimum atomic E-state index is -0.351. The zero-order valence-corrected chi connectivity index (χ0v) is 4.94. The Hall–Kier alpha value is -0.110. The van der Waals surface area contributed by atoms with Crippen LogP contribution in [0.15, 0.2) is 0 Å². The molecule has 1 saturated carbocycles. The molecule has 1 aliphatic rings. The molecular formula is C6H12FN. The maximum atomic E-state index is 11.6. The molecule has 0 aromatic rings. The first-order chi connectivity index (χ1) is 3.83. The van der Waals surface area contributed by atoms with Gasteiger partial charge in [-0.15, -0.1) is 0 Å². The van der Waals surface area contributed by atoms with Gasteiger partial charge in [0, 0.05) is 6.04 Å². The van der Waals surface area contributed by atoms with Crippen molar-refractivity contribution in [3.8, 4) is 0 Å². The fourth-order valence-corrected chi connectivity index (χ4v) is 0.845. The second-order valence-corrected chi connectivity index (χ2v) is 2.59. The van der Waals surface area contributed by atoms with Crippen molar-refractivity contribution in [2.24, 2.45) is 11.7 Å². The molecule has 0 radical (unpaired) electrons. The Labute approximate surface area is 49.1 Å². The first-order valence-corrected chi connectivity index (χ1v) is 3.14. The zero-order valence-electron chi connectivity index (χ0n) is 4.94. The Kier molecular flexibility index (Phi) is 1.84. The highest BCUT2D eigenvalue weighted by molar-refractivity contribution is 4.77. The number of rotatable bonds is 3. The summed E-state index contributed by atoms with van der Waals surface area (Å²) in [7, 11) is 0. The van der Waals surface area contributed by atoms with Gasteiger partial charge in [0.25, 0.3) is 0 Å². The highest BCUT2D eigenvalue weighted by Crippen LogP contribution is 2.32. The molecule has 48 valence electrons. The van der Waals surface area contributed by atoms with Crippen molar-refractivity contribution in [1.82, 2.24) is 0 Å². The van der Waals surface area contributed by atoms with Gasteiger partial charge >= 0.3 is 0 Å². The van der Waals surface area contributed by atoms with Crippen LogP contribution in [-0.2, 0) is 0 Å². The Morgan fingerprint density at radius 1 is 1.62 bits per heavy atom. The van der Waals surface area contributed by atoms with Gasteiger partial charge in [-0.25, -0.2) is 4.39 Å². The van der Waals surface area contributed by atoms with Crippen molar-refractivity contribution >= 4 is 0 Å². The Bertz CT molecular complexity index is 70.9. The van der Waals surface area contributed by atoms with Crippen LogP contribution in [0, 0.1) is 5.92 Å². The molecule has 2 heteroatoms. The summed E-state index contributed by atoms with van der Waals surface area (Å²) in [4.78, 5) is 0. The van der Waals surface area contributed by atoms with Crippen molar-refractivity contribution in [2.45, 2.75) is 25.3 Å². The van der Waals surface area contributed by atoms with E-state index in [0.717, 1.165) is 12.3 Å². The average Bonchev–Trinajstić information content (AvgIpc) is 2.50. The maximum absolute atomic E-state index is 11.6.